The van der Waals surface area contributed by atoms with E-state index in [-0.39, 0.29) is 10.9 Å². The summed E-state index contributed by atoms with van der Waals surface area (Å²) in [6, 6.07) is 3.73. The summed E-state index contributed by atoms with van der Waals surface area (Å²) in [5, 5.41) is 0. The van der Waals surface area contributed by atoms with Gasteiger partial charge < -0.3 is 10.5 Å². The van der Waals surface area contributed by atoms with Crippen molar-refractivity contribution in [2.24, 2.45) is 5.73 Å². The molecule has 0 unspecified atom stereocenters. The summed E-state index contributed by atoms with van der Waals surface area (Å²) < 4.78 is 32.4. The predicted molar refractivity (Wildman–Crippen MR) is 78.4 cm³/mol. The SMILES string of the molecule is COc1cc(C)cc(C)c1S(=O)(=O)N1CCC(N)CC1. The van der Waals surface area contributed by atoms with Gasteiger partial charge in [-0.1, -0.05) is 6.07 Å². The molecule has 2 rings (SSSR count). The van der Waals surface area contributed by atoms with Crippen LogP contribution in [0.15, 0.2) is 17.0 Å². The highest BCUT2D eigenvalue weighted by atomic mass is 32.2. The van der Waals surface area contributed by atoms with E-state index in [2.05, 4.69) is 0 Å². The van der Waals surface area contributed by atoms with E-state index in [1.165, 1.54) is 11.4 Å². The molecule has 20 heavy (non-hydrogen) atoms. The van der Waals surface area contributed by atoms with Crippen LogP contribution in [0.1, 0.15) is 24.0 Å². The lowest BCUT2D eigenvalue weighted by molar-refractivity contribution is 0.317. The van der Waals surface area contributed by atoms with Gasteiger partial charge in [0.05, 0.1) is 7.11 Å². The Labute approximate surface area is 120 Å². The van der Waals surface area contributed by atoms with E-state index in [0.717, 1.165) is 11.1 Å². The summed E-state index contributed by atoms with van der Waals surface area (Å²) in [7, 11) is -2.02. The van der Waals surface area contributed by atoms with Gasteiger partial charge in [-0.15, -0.1) is 0 Å². The maximum absolute atomic E-state index is 12.8. The van der Waals surface area contributed by atoms with Crippen LogP contribution in [-0.2, 0) is 10.0 Å². The molecule has 0 aliphatic carbocycles. The van der Waals surface area contributed by atoms with Crippen LogP contribution < -0.4 is 10.5 Å². The number of benzene rings is 1. The number of rotatable bonds is 3. The standard InChI is InChI=1S/C14H22N2O3S/c1-10-8-11(2)14(13(9-10)19-3)20(17,18)16-6-4-12(15)5-7-16/h8-9,12H,4-7,15H2,1-3H3. The van der Waals surface area contributed by atoms with E-state index in [1.54, 1.807) is 13.0 Å². The Morgan fingerprint density at radius 3 is 2.40 bits per heavy atom. The molecular formula is C14H22N2O3S. The minimum absolute atomic E-state index is 0.0995. The number of aryl methyl sites for hydroxylation is 2. The number of nitrogens with two attached hydrogens (primary N) is 1. The van der Waals surface area contributed by atoms with Crippen molar-refractivity contribution in [1.82, 2.24) is 4.31 Å². The predicted octanol–water partition coefficient (Wildman–Crippen LogP) is 1.42. The highest BCUT2D eigenvalue weighted by Crippen LogP contribution is 2.32. The summed E-state index contributed by atoms with van der Waals surface area (Å²) >= 11 is 0. The highest BCUT2D eigenvalue weighted by molar-refractivity contribution is 7.89. The number of piperidine rings is 1. The van der Waals surface area contributed by atoms with Crippen molar-refractivity contribution in [3.05, 3.63) is 23.3 Å². The third-order valence-corrected chi connectivity index (χ3v) is 5.79. The molecule has 1 aliphatic rings. The molecule has 1 fully saturated rings. The monoisotopic (exact) mass is 298 g/mol. The van der Waals surface area contributed by atoms with E-state index >= 15 is 0 Å². The smallest absolute Gasteiger partial charge is 0.247 e. The molecule has 0 bridgehead atoms. The second-order valence-electron chi connectivity index (χ2n) is 5.35. The maximum Gasteiger partial charge on any atom is 0.247 e. The molecule has 1 aromatic carbocycles. The molecule has 0 aromatic heterocycles. The first-order chi connectivity index (χ1) is 9.36. The van der Waals surface area contributed by atoms with Crippen LogP contribution in [0.2, 0.25) is 0 Å². The lowest BCUT2D eigenvalue weighted by atomic mass is 10.1. The molecule has 0 radical (unpaired) electrons. The van der Waals surface area contributed by atoms with Crippen LogP contribution >= 0.6 is 0 Å². The van der Waals surface area contributed by atoms with Gasteiger partial charge in [-0.25, -0.2) is 8.42 Å². The van der Waals surface area contributed by atoms with E-state index in [9.17, 15) is 8.42 Å². The molecule has 6 heteroatoms. The van der Waals surface area contributed by atoms with Gasteiger partial charge in [-0.2, -0.15) is 4.31 Å². The fraction of sp³-hybridized carbons (Fsp3) is 0.571. The highest BCUT2D eigenvalue weighted by Gasteiger charge is 2.32. The van der Waals surface area contributed by atoms with Crippen LogP contribution in [0.3, 0.4) is 0 Å². The molecule has 1 saturated heterocycles. The second kappa shape index (κ2) is 5.71. The van der Waals surface area contributed by atoms with Gasteiger partial charge in [0.25, 0.3) is 0 Å². The third kappa shape index (κ3) is 2.82. The van der Waals surface area contributed by atoms with Crippen molar-refractivity contribution in [2.75, 3.05) is 20.2 Å². The number of methoxy groups -OCH3 is 1. The second-order valence-corrected chi connectivity index (χ2v) is 7.23. The van der Waals surface area contributed by atoms with Gasteiger partial charge in [-0.3, -0.25) is 0 Å². The van der Waals surface area contributed by atoms with Gasteiger partial charge in [-0.05, 0) is 43.9 Å². The van der Waals surface area contributed by atoms with E-state index in [1.807, 2.05) is 13.0 Å². The molecule has 0 atom stereocenters. The summed E-state index contributed by atoms with van der Waals surface area (Å²) in [6.07, 6.45) is 1.40. The Balaban J connectivity index is 2.44. The third-order valence-electron chi connectivity index (χ3n) is 3.70. The van der Waals surface area contributed by atoms with Crippen molar-refractivity contribution in [3.63, 3.8) is 0 Å². The topological polar surface area (TPSA) is 72.6 Å². The Kier molecular flexibility index (Phi) is 4.36. The van der Waals surface area contributed by atoms with E-state index in [4.69, 9.17) is 10.5 Å². The Morgan fingerprint density at radius 1 is 1.25 bits per heavy atom. The minimum atomic E-state index is -3.52. The molecule has 2 N–H and O–H groups in total. The zero-order chi connectivity index (χ0) is 14.9. The van der Waals surface area contributed by atoms with Crippen LogP contribution in [0.4, 0.5) is 0 Å². The molecule has 1 aromatic rings. The lowest BCUT2D eigenvalue weighted by Gasteiger charge is -2.30. The Hall–Kier alpha value is -1.11. The Bertz CT molecular complexity index is 591. The van der Waals surface area contributed by atoms with Crippen molar-refractivity contribution in [2.45, 2.75) is 37.6 Å². The normalized spacial score (nSPS) is 18.2. The first-order valence-corrected chi connectivity index (χ1v) is 8.21. The van der Waals surface area contributed by atoms with Gasteiger partial charge in [0.2, 0.25) is 10.0 Å². The number of sulfonamides is 1. The van der Waals surface area contributed by atoms with E-state index in [0.29, 0.717) is 31.7 Å². The number of nitrogens with zero attached hydrogens (tertiary/aromatic N) is 1. The molecule has 5 nitrogen and oxygen atoms in total. The lowest BCUT2D eigenvalue weighted by Crippen LogP contribution is -2.43. The Morgan fingerprint density at radius 2 is 1.85 bits per heavy atom. The molecule has 0 amide bonds. The van der Waals surface area contributed by atoms with Crippen LogP contribution in [0, 0.1) is 13.8 Å². The summed E-state index contributed by atoms with van der Waals surface area (Å²) in [4.78, 5) is 0.279. The fourth-order valence-electron chi connectivity index (χ4n) is 2.64. The molecular weight excluding hydrogens is 276 g/mol. The van der Waals surface area contributed by atoms with Gasteiger partial charge in [0, 0.05) is 19.1 Å². The van der Waals surface area contributed by atoms with Crippen molar-refractivity contribution < 1.29 is 13.2 Å². The quantitative estimate of drug-likeness (QED) is 0.916. The maximum atomic E-state index is 12.8. The van der Waals surface area contributed by atoms with Crippen LogP contribution in [-0.4, -0.2) is 39.0 Å². The van der Waals surface area contributed by atoms with Crippen LogP contribution in [0.25, 0.3) is 0 Å². The summed E-state index contributed by atoms with van der Waals surface area (Å²) in [5.41, 5.74) is 7.54. The van der Waals surface area contributed by atoms with Gasteiger partial charge in [0.15, 0.2) is 0 Å². The molecule has 112 valence electrons. The number of ether oxygens (including phenoxy) is 1. The summed E-state index contributed by atoms with van der Waals surface area (Å²) in [6.45, 7) is 4.67. The van der Waals surface area contributed by atoms with Crippen LogP contribution in [0.5, 0.6) is 5.75 Å². The van der Waals surface area contributed by atoms with Crippen molar-refractivity contribution in [3.8, 4) is 5.75 Å². The average Bonchev–Trinajstić information content (AvgIpc) is 2.37. The first kappa shape index (κ1) is 15.3. The van der Waals surface area contributed by atoms with Gasteiger partial charge in [0.1, 0.15) is 10.6 Å². The van der Waals surface area contributed by atoms with E-state index < -0.39 is 10.0 Å². The number of hydrogen-bond acceptors (Lipinski definition) is 4. The number of hydrogen-bond donors (Lipinski definition) is 1. The average molecular weight is 298 g/mol. The molecule has 0 spiro atoms. The molecule has 0 saturated carbocycles. The van der Waals surface area contributed by atoms with Gasteiger partial charge >= 0.3 is 0 Å². The fourth-order valence-corrected chi connectivity index (χ4v) is 4.45. The first-order valence-electron chi connectivity index (χ1n) is 6.77. The van der Waals surface area contributed by atoms with Crippen molar-refractivity contribution in [1.29, 1.82) is 0 Å². The zero-order valence-electron chi connectivity index (χ0n) is 12.2. The zero-order valence-corrected chi connectivity index (χ0v) is 13.0. The summed E-state index contributed by atoms with van der Waals surface area (Å²) in [5.74, 6) is 0.414. The molecule has 1 heterocycles. The molecule has 1 aliphatic heterocycles. The minimum Gasteiger partial charge on any atom is -0.495 e. The van der Waals surface area contributed by atoms with Crippen molar-refractivity contribution >= 4 is 10.0 Å². The largest absolute Gasteiger partial charge is 0.495 e.